The number of benzene rings is 1. The highest BCUT2D eigenvalue weighted by molar-refractivity contribution is 7.90. The van der Waals surface area contributed by atoms with E-state index in [0.717, 1.165) is 24.4 Å². The van der Waals surface area contributed by atoms with Crippen LogP contribution in [-0.4, -0.2) is 33.6 Å². The van der Waals surface area contributed by atoms with Crippen molar-refractivity contribution in [1.82, 2.24) is 5.32 Å². The summed E-state index contributed by atoms with van der Waals surface area (Å²) in [4.78, 5) is 0. The van der Waals surface area contributed by atoms with Crippen LogP contribution in [0.15, 0.2) is 24.3 Å². The van der Waals surface area contributed by atoms with Crippen LogP contribution >= 0.6 is 0 Å². The number of nitrogens with one attached hydrogen (secondary N) is 1. The van der Waals surface area contributed by atoms with Crippen molar-refractivity contribution in [3.63, 3.8) is 0 Å². The van der Waals surface area contributed by atoms with Crippen LogP contribution in [0.25, 0.3) is 0 Å². The van der Waals surface area contributed by atoms with Crippen LogP contribution in [0, 0.1) is 0 Å². The van der Waals surface area contributed by atoms with Crippen LogP contribution in [-0.2, 0) is 16.4 Å². The first-order valence-electron chi connectivity index (χ1n) is 6.11. The van der Waals surface area contributed by atoms with E-state index in [9.17, 15) is 8.42 Å². The molecule has 0 unspecified atom stereocenters. The summed E-state index contributed by atoms with van der Waals surface area (Å²) in [5, 5.41) is 3.24. The molecule has 18 heavy (non-hydrogen) atoms. The van der Waals surface area contributed by atoms with E-state index < -0.39 is 9.84 Å². The van der Waals surface area contributed by atoms with Crippen LogP contribution in [0.3, 0.4) is 0 Å². The molecule has 0 saturated heterocycles. The van der Waals surface area contributed by atoms with Gasteiger partial charge in [0.2, 0.25) is 0 Å². The Labute approximate surface area is 109 Å². The maximum absolute atomic E-state index is 11.0. The second kappa shape index (κ2) is 7.38. The van der Waals surface area contributed by atoms with E-state index in [4.69, 9.17) is 4.74 Å². The SMILES string of the molecule is CCNCc1cccc(OCCCS(C)(=O)=O)c1. The van der Waals surface area contributed by atoms with Gasteiger partial charge in [0.15, 0.2) is 0 Å². The Morgan fingerprint density at radius 3 is 2.78 bits per heavy atom. The second-order valence-electron chi connectivity index (χ2n) is 4.26. The normalized spacial score (nSPS) is 11.4. The minimum absolute atomic E-state index is 0.171. The van der Waals surface area contributed by atoms with Gasteiger partial charge in [0.1, 0.15) is 15.6 Å². The van der Waals surface area contributed by atoms with E-state index in [1.54, 1.807) is 0 Å². The molecule has 1 aromatic carbocycles. The molecule has 102 valence electrons. The van der Waals surface area contributed by atoms with E-state index in [2.05, 4.69) is 12.2 Å². The van der Waals surface area contributed by atoms with Gasteiger partial charge in [-0.2, -0.15) is 0 Å². The summed E-state index contributed by atoms with van der Waals surface area (Å²) >= 11 is 0. The summed E-state index contributed by atoms with van der Waals surface area (Å²) in [6, 6.07) is 7.84. The molecule has 0 aliphatic heterocycles. The number of rotatable bonds is 8. The van der Waals surface area contributed by atoms with Crippen LogP contribution < -0.4 is 10.1 Å². The highest BCUT2D eigenvalue weighted by Gasteiger charge is 2.02. The molecule has 0 fully saturated rings. The maximum Gasteiger partial charge on any atom is 0.147 e. The molecular formula is C13H21NO3S. The van der Waals surface area contributed by atoms with Crippen molar-refractivity contribution in [2.24, 2.45) is 0 Å². The first-order valence-corrected chi connectivity index (χ1v) is 8.17. The number of hydrogen-bond donors (Lipinski definition) is 1. The Hall–Kier alpha value is -1.07. The van der Waals surface area contributed by atoms with Gasteiger partial charge in [0.25, 0.3) is 0 Å². The molecule has 1 rings (SSSR count). The van der Waals surface area contributed by atoms with Crippen LogP contribution in [0.1, 0.15) is 18.9 Å². The third kappa shape index (κ3) is 6.61. The van der Waals surface area contributed by atoms with Crippen LogP contribution in [0.5, 0.6) is 5.75 Å². The molecule has 0 aliphatic carbocycles. The minimum atomic E-state index is -2.89. The van der Waals surface area contributed by atoms with Gasteiger partial charge < -0.3 is 10.1 Å². The second-order valence-corrected chi connectivity index (χ2v) is 6.52. The van der Waals surface area contributed by atoms with Crippen molar-refractivity contribution in [2.75, 3.05) is 25.2 Å². The summed E-state index contributed by atoms with van der Waals surface area (Å²) in [5.74, 6) is 0.961. The molecule has 1 aromatic rings. The van der Waals surface area contributed by atoms with E-state index in [0.29, 0.717) is 13.0 Å². The standard InChI is InChI=1S/C13H21NO3S/c1-3-14-11-12-6-4-7-13(10-12)17-8-5-9-18(2,15)16/h4,6-7,10,14H,3,5,8-9,11H2,1-2H3. The van der Waals surface area contributed by atoms with Gasteiger partial charge in [-0.3, -0.25) is 0 Å². The third-order valence-corrected chi connectivity index (χ3v) is 3.44. The third-order valence-electron chi connectivity index (χ3n) is 2.41. The van der Waals surface area contributed by atoms with Gasteiger partial charge >= 0.3 is 0 Å². The summed E-state index contributed by atoms with van der Waals surface area (Å²) in [5.41, 5.74) is 1.16. The fourth-order valence-corrected chi connectivity index (χ4v) is 2.17. The molecule has 0 heterocycles. The Morgan fingerprint density at radius 1 is 1.33 bits per heavy atom. The highest BCUT2D eigenvalue weighted by Crippen LogP contribution is 2.13. The van der Waals surface area contributed by atoms with Crippen LogP contribution in [0.2, 0.25) is 0 Å². The fraction of sp³-hybridized carbons (Fsp3) is 0.538. The van der Waals surface area contributed by atoms with E-state index in [1.807, 2.05) is 24.3 Å². The maximum atomic E-state index is 11.0. The smallest absolute Gasteiger partial charge is 0.147 e. The van der Waals surface area contributed by atoms with Crippen LogP contribution in [0.4, 0.5) is 0 Å². The predicted molar refractivity (Wildman–Crippen MR) is 73.6 cm³/mol. The van der Waals surface area contributed by atoms with Crippen molar-refractivity contribution in [3.05, 3.63) is 29.8 Å². The monoisotopic (exact) mass is 271 g/mol. The van der Waals surface area contributed by atoms with Crippen molar-refractivity contribution in [1.29, 1.82) is 0 Å². The average molecular weight is 271 g/mol. The molecule has 1 N–H and O–H groups in total. The first-order chi connectivity index (χ1) is 8.51. The Kier molecular flexibility index (Phi) is 6.15. The van der Waals surface area contributed by atoms with Crippen molar-refractivity contribution < 1.29 is 13.2 Å². The van der Waals surface area contributed by atoms with E-state index in [1.165, 1.54) is 6.26 Å². The summed E-state index contributed by atoms with van der Waals surface area (Å²) in [7, 11) is -2.89. The molecule has 0 radical (unpaired) electrons. The van der Waals surface area contributed by atoms with Gasteiger partial charge in [-0.25, -0.2) is 8.42 Å². The molecule has 4 nitrogen and oxygen atoms in total. The lowest BCUT2D eigenvalue weighted by Gasteiger charge is -2.08. The zero-order chi connectivity index (χ0) is 13.4. The summed E-state index contributed by atoms with van der Waals surface area (Å²) in [6.45, 7) is 4.24. The molecule has 0 spiro atoms. The van der Waals surface area contributed by atoms with E-state index >= 15 is 0 Å². The molecule has 5 heteroatoms. The lowest BCUT2D eigenvalue weighted by molar-refractivity contribution is 0.317. The molecule has 0 aromatic heterocycles. The minimum Gasteiger partial charge on any atom is -0.494 e. The van der Waals surface area contributed by atoms with Crippen molar-refractivity contribution in [2.45, 2.75) is 19.9 Å². The molecule has 0 amide bonds. The summed E-state index contributed by atoms with van der Waals surface area (Å²) in [6.07, 6.45) is 1.76. The average Bonchev–Trinajstić information content (AvgIpc) is 2.31. The zero-order valence-corrected chi connectivity index (χ0v) is 11.8. The molecule has 0 saturated carbocycles. The number of sulfone groups is 1. The Morgan fingerprint density at radius 2 is 2.11 bits per heavy atom. The molecule has 0 atom stereocenters. The first kappa shape index (κ1) is 15.0. The van der Waals surface area contributed by atoms with Gasteiger partial charge in [0.05, 0.1) is 12.4 Å². The Balaban J connectivity index is 2.38. The fourth-order valence-electron chi connectivity index (χ4n) is 1.53. The molecule has 0 aliphatic rings. The predicted octanol–water partition coefficient (Wildman–Crippen LogP) is 1.61. The van der Waals surface area contributed by atoms with E-state index in [-0.39, 0.29) is 5.75 Å². The number of hydrogen-bond acceptors (Lipinski definition) is 4. The molecule has 0 bridgehead atoms. The molecular weight excluding hydrogens is 250 g/mol. The zero-order valence-electron chi connectivity index (χ0n) is 11.0. The van der Waals surface area contributed by atoms with Crippen molar-refractivity contribution in [3.8, 4) is 5.75 Å². The quantitative estimate of drug-likeness (QED) is 0.730. The van der Waals surface area contributed by atoms with Crippen molar-refractivity contribution >= 4 is 9.84 Å². The lowest BCUT2D eigenvalue weighted by atomic mass is 10.2. The number of ether oxygens (including phenoxy) is 1. The highest BCUT2D eigenvalue weighted by atomic mass is 32.2. The van der Waals surface area contributed by atoms with Gasteiger partial charge in [-0.1, -0.05) is 19.1 Å². The van der Waals surface area contributed by atoms with Gasteiger partial charge in [-0.15, -0.1) is 0 Å². The Bertz CT molecular complexity index is 457. The summed E-state index contributed by atoms with van der Waals surface area (Å²) < 4.78 is 27.4. The van der Waals surface area contributed by atoms with Gasteiger partial charge in [0, 0.05) is 12.8 Å². The van der Waals surface area contributed by atoms with Gasteiger partial charge in [-0.05, 0) is 30.7 Å². The largest absolute Gasteiger partial charge is 0.494 e. The topological polar surface area (TPSA) is 55.4 Å². The lowest BCUT2D eigenvalue weighted by Crippen LogP contribution is -2.12.